The van der Waals surface area contributed by atoms with E-state index in [1.165, 1.54) is 11.4 Å². The average molecular weight is 390 g/mol. The third-order valence-electron chi connectivity index (χ3n) is 4.24. The molecule has 0 atom stereocenters. The minimum atomic E-state index is -3.64. The summed E-state index contributed by atoms with van der Waals surface area (Å²) in [6, 6.07) is 13.3. The molecule has 7 heteroatoms. The Labute approximate surface area is 161 Å². The summed E-state index contributed by atoms with van der Waals surface area (Å²) in [6.07, 6.45) is 0.869. The van der Waals surface area contributed by atoms with Crippen LogP contribution < -0.4 is 9.62 Å². The van der Waals surface area contributed by atoms with Crippen molar-refractivity contribution in [1.82, 2.24) is 10.2 Å². The number of hydrogen-bond donors (Lipinski definition) is 1. The van der Waals surface area contributed by atoms with Gasteiger partial charge in [-0.05, 0) is 70.4 Å². The zero-order valence-electron chi connectivity index (χ0n) is 16.3. The van der Waals surface area contributed by atoms with Gasteiger partial charge < -0.3 is 10.2 Å². The first kappa shape index (κ1) is 20.9. The lowest BCUT2D eigenvalue weighted by molar-refractivity contribution is 0.0952. The van der Waals surface area contributed by atoms with Gasteiger partial charge in [0.1, 0.15) is 0 Å². The van der Waals surface area contributed by atoms with Gasteiger partial charge >= 0.3 is 0 Å². The lowest BCUT2D eigenvalue weighted by atomic mass is 10.2. The highest BCUT2D eigenvalue weighted by atomic mass is 32.2. The second-order valence-electron chi connectivity index (χ2n) is 6.75. The second-order valence-corrected chi connectivity index (χ2v) is 8.71. The highest BCUT2D eigenvalue weighted by Crippen LogP contribution is 2.22. The van der Waals surface area contributed by atoms with Crippen LogP contribution in [0.4, 0.5) is 5.69 Å². The van der Waals surface area contributed by atoms with Crippen LogP contribution in [0.2, 0.25) is 0 Å². The molecule has 1 N–H and O–H groups in total. The molecule has 2 aromatic carbocycles. The maximum absolute atomic E-state index is 12.7. The molecule has 0 spiro atoms. The zero-order valence-corrected chi connectivity index (χ0v) is 17.1. The third kappa shape index (κ3) is 5.55. The Hall–Kier alpha value is -2.38. The van der Waals surface area contributed by atoms with E-state index in [4.69, 9.17) is 0 Å². The number of sulfonamides is 1. The van der Waals surface area contributed by atoms with Gasteiger partial charge in [0.2, 0.25) is 0 Å². The molecule has 0 fully saturated rings. The zero-order chi connectivity index (χ0) is 20.0. The molecule has 0 saturated carbocycles. The number of aryl methyl sites for hydroxylation is 1. The van der Waals surface area contributed by atoms with E-state index >= 15 is 0 Å². The third-order valence-corrected chi connectivity index (χ3v) is 6.04. The summed E-state index contributed by atoms with van der Waals surface area (Å²) in [5, 5.41) is 2.87. The Morgan fingerprint density at radius 1 is 0.963 bits per heavy atom. The van der Waals surface area contributed by atoms with Gasteiger partial charge in [-0.3, -0.25) is 9.10 Å². The van der Waals surface area contributed by atoms with Crippen LogP contribution in [0, 0.1) is 6.92 Å². The molecule has 2 rings (SSSR count). The van der Waals surface area contributed by atoms with Crippen LogP contribution in [0.5, 0.6) is 0 Å². The normalized spacial score (nSPS) is 11.4. The molecular formula is C20H27N3O3S. The Bertz CT molecular complexity index is 860. The van der Waals surface area contributed by atoms with Crippen LogP contribution in [-0.4, -0.2) is 53.5 Å². The van der Waals surface area contributed by atoms with Crippen molar-refractivity contribution in [2.45, 2.75) is 18.2 Å². The van der Waals surface area contributed by atoms with Gasteiger partial charge in [0.05, 0.1) is 10.6 Å². The lowest BCUT2D eigenvalue weighted by Crippen LogP contribution is -2.28. The predicted octanol–water partition coefficient (Wildman–Crippen LogP) is 2.50. The molecule has 0 aliphatic heterocycles. The van der Waals surface area contributed by atoms with Crippen molar-refractivity contribution in [3.63, 3.8) is 0 Å². The number of nitrogens with one attached hydrogen (secondary N) is 1. The van der Waals surface area contributed by atoms with Crippen LogP contribution in [0.1, 0.15) is 22.3 Å². The number of amides is 1. The molecule has 0 saturated heterocycles. The summed E-state index contributed by atoms with van der Waals surface area (Å²) >= 11 is 0. The summed E-state index contributed by atoms with van der Waals surface area (Å²) in [4.78, 5) is 14.5. The van der Waals surface area contributed by atoms with Crippen molar-refractivity contribution < 1.29 is 13.2 Å². The number of benzene rings is 2. The van der Waals surface area contributed by atoms with Crippen molar-refractivity contribution in [2.24, 2.45) is 0 Å². The summed E-state index contributed by atoms with van der Waals surface area (Å²) in [5.74, 6) is -0.163. The van der Waals surface area contributed by atoms with E-state index in [0.717, 1.165) is 18.5 Å². The molecule has 0 radical (unpaired) electrons. The van der Waals surface area contributed by atoms with E-state index in [9.17, 15) is 13.2 Å². The van der Waals surface area contributed by atoms with Crippen molar-refractivity contribution in [1.29, 1.82) is 0 Å². The van der Waals surface area contributed by atoms with Gasteiger partial charge in [-0.2, -0.15) is 0 Å². The SMILES string of the molecule is Cc1ccc(S(=O)(=O)N(C)c2ccc(C(=O)NCCCN(C)C)cc2)cc1. The second kappa shape index (κ2) is 9.01. The van der Waals surface area contributed by atoms with Crippen LogP contribution in [-0.2, 0) is 10.0 Å². The number of anilines is 1. The summed E-state index contributed by atoms with van der Waals surface area (Å²) in [6.45, 7) is 3.41. The molecule has 0 heterocycles. The van der Waals surface area contributed by atoms with Crippen LogP contribution in [0.3, 0.4) is 0 Å². The van der Waals surface area contributed by atoms with Crippen molar-refractivity contribution >= 4 is 21.6 Å². The summed E-state index contributed by atoms with van der Waals surface area (Å²) < 4.78 is 26.7. The predicted molar refractivity (Wildman–Crippen MR) is 109 cm³/mol. The van der Waals surface area contributed by atoms with E-state index < -0.39 is 10.0 Å². The van der Waals surface area contributed by atoms with E-state index in [2.05, 4.69) is 10.2 Å². The number of carbonyl (C=O) groups excluding carboxylic acids is 1. The molecule has 0 bridgehead atoms. The largest absolute Gasteiger partial charge is 0.352 e. The fraction of sp³-hybridized carbons (Fsp3) is 0.350. The van der Waals surface area contributed by atoms with Crippen molar-refractivity contribution in [2.75, 3.05) is 38.5 Å². The Balaban J connectivity index is 2.05. The summed E-state index contributed by atoms with van der Waals surface area (Å²) in [5.41, 5.74) is 2.00. The van der Waals surface area contributed by atoms with Gasteiger partial charge in [-0.1, -0.05) is 17.7 Å². The highest BCUT2D eigenvalue weighted by Gasteiger charge is 2.21. The first-order valence-electron chi connectivity index (χ1n) is 8.80. The molecule has 2 aromatic rings. The van der Waals surface area contributed by atoms with Crippen LogP contribution in [0.25, 0.3) is 0 Å². The Kier molecular flexibility index (Phi) is 6.98. The highest BCUT2D eigenvalue weighted by molar-refractivity contribution is 7.92. The number of nitrogens with zero attached hydrogens (tertiary/aromatic N) is 2. The average Bonchev–Trinajstić information content (AvgIpc) is 2.64. The van der Waals surface area contributed by atoms with Gasteiger partial charge in [-0.25, -0.2) is 8.42 Å². The Morgan fingerprint density at radius 2 is 1.56 bits per heavy atom. The van der Waals surface area contributed by atoms with Gasteiger partial charge in [0.25, 0.3) is 15.9 Å². The topological polar surface area (TPSA) is 69.7 Å². The van der Waals surface area contributed by atoms with Crippen LogP contribution >= 0.6 is 0 Å². The van der Waals surface area contributed by atoms with Gasteiger partial charge in [0.15, 0.2) is 0 Å². The van der Waals surface area contributed by atoms with Gasteiger partial charge in [0, 0.05) is 19.2 Å². The minimum absolute atomic E-state index is 0.163. The molecular weight excluding hydrogens is 362 g/mol. The minimum Gasteiger partial charge on any atom is -0.352 e. The Morgan fingerprint density at radius 3 is 2.11 bits per heavy atom. The van der Waals surface area contributed by atoms with E-state index in [1.54, 1.807) is 48.5 Å². The number of hydrogen-bond acceptors (Lipinski definition) is 4. The first-order chi connectivity index (χ1) is 12.7. The molecule has 27 heavy (non-hydrogen) atoms. The fourth-order valence-corrected chi connectivity index (χ4v) is 3.72. The van der Waals surface area contributed by atoms with Crippen molar-refractivity contribution in [3.8, 4) is 0 Å². The molecule has 6 nitrogen and oxygen atoms in total. The van der Waals surface area contributed by atoms with Crippen LogP contribution in [0.15, 0.2) is 53.4 Å². The van der Waals surface area contributed by atoms with E-state index in [1.807, 2.05) is 21.0 Å². The number of carbonyl (C=O) groups is 1. The standard InChI is InChI=1S/C20H27N3O3S/c1-16-6-12-19(13-7-16)27(25,26)23(4)18-10-8-17(9-11-18)20(24)21-14-5-15-22(2)3/h6-13H,5,14-15H2,1-4H3,(H,21,24). The molecule has 146 valence electrons. The molecule has 1 amide bonds. The quantitative estimate of drug-likeness (QED) is 0.705. The van der Waals surface area contributed by atoms with Gasteiger partial charge in [-0.15, -0.1) is 0 Å². The molecule has 0 aliphatic rings. The molecule has 0 aromatic heterocycles. The first-order valence-corrected chi connectivity index (χ1v) is 10.2. The summed E-state index contributed by atoms with van der Waals surface area (Å²) in [7, 11) is 1.84. The molecule has 0 unspecified atom stereocenters. The maximum Gasteiger partial charge on any atom is 0.264 e. The molecule has 0 aliphatic carbocycles. The maximum atomic E-state index is 12.7. The smallest absolute Gasteiger partial charge is 0.264 e. The van der Waals surface area contributed by atoms with E-state index in [0.29, 0.717) is 17.8 Å². The van der Waals surface area contributed by atoms with Crippen molar-refractivity contribution in [3.05, 3.63) is 59.7 Å². The van der Waals surface area contributed by atoms with E-state index in [-0.39, 0.29) is 10.8 Å². The fourth-order valence-electron chi connectivity index (χ4n) is 2.53. The monoisotopic (exact) mass is 389 g/mol. The number of rotatable bonds is 8. The lowest BCUT2D eigenvalue weighted by Gasteiger charge is -2.20.